The summed E-state index contributed by atoms with van der Waals surface area (Å²) in [7, 11) is -3.63. The lowest BCUT2D eigenvalue weighted by Crippen LogP contribution is -2.52. The van der Waals surface area contributed by atoms with Crippen LogP contribution in [0.3, 0.4) is 0 Å². The summed E-state index contributed by atoms with van der Waals surface area (Å²) in [5.41, 5.74) is 0.692. The molecular formula is C15H17N3O3S2. The molecule has 0 atom stereocenters. The number of rotatable bonds is 3. The lowest BCUT2D eigenvalue weighted by atomic mass is 10.3. The third kappa shape index (κ3) is 3.01. The Morgan fingerprint density at radius 3 is 2.61 bits per heavy atom. The summed E-state index contributed by atoms with van der Waals surface area (Å²) < 4.78 is 26.8. The molecule has 0 aliphatic carbocycles. The molecule has 0 unspecified atom stereocenters. The van der Waals surface area contributed by atoms with E-state index in [9.17, 15) is 13.2 Å². The second-order valence-corrected chi connectivity index (χ2v) is 8.74. The average Bonchev–Trinajstić information content (AvgIpc) is 2.87. The molecule has 3 heterocycles. The minimum atomic E-state index is -3.63. The van der Waals surface area contributed by atoms with Gasteiger partial charge in [0.25, 0.3) is 0 Å². The minimum Gasteiger partial charge on any atom is -0.308 e. The van der Waals surface area contributed by atoms with Crippen LogP contribution in [-0.2, 0) is 14.8 Å². The zero-order valence-electron chi connectivity index (χ0n) is 12.9. The van der Waals surface area contributed by atoms with E-state index in [4.69, 9.17) is 0 Å². The standard InChI is InChI=1S/C15H17N3O3S2/c1-11-8-14(12(2)22-11)23(20,21)17-6-7-18(15(19)10-17)13-4-3-5-16-9-13/h3-5,8-9H,6-7,10H2,1-2H3. The van der Waals surface area contributed by atoms with Crippen LogP contribution in [0, 0.1) is 13.8 Å². The Balaban J connectivity index is 1.83. The Bertz CT molecular complexity index is 831. The molecule has 2 aromatic rings. The van der Waals surface area contributed by atoms with Crippen molar-refractivity contribution in [1.82, 2.24) is 9.29 Å². The van der Waals surface area contributed by atoms with E-state index in [-0.39, 0.29) is 19.0 Å². The largest absolute Gasteiger partial charge is 0.308 e. The number of carbonyl (C=O) groups is 1. The van der Waals surface area contributed by atoms with Crippen molar-refractivity contribution in [1.29, 1.82) is 0 Å². The monoisotopic (exact) mass is 351 g/mol. The summed E-state index contributed by atoms with van der Waals surface area (Å²) in [5.74, 6) is -0.238. The fourth-order valence-electron chi connectivity index (χ4n) is 2.65. The van der Waals surface area contributed by atoms with Crippen molar-refractivity contribution < 1.29 is 13.2 Å². The maximum absolute atomic E-state index is 12.8. The van der Waals surface area contributed by atoms with Gasteiger partial charge < -0.3 is 4.90 Å². The van der Waals surface area contributed by atoms with E-state index in [1.807, 2.05) is 6.92 Å². The molecule has 1 saturated heterocycles. The van der Waals surface area contributed by atoms with Gasteiger partial charge in [0.05, 0.1) is 23.3 Å². The second-order valence-electron chi connectivity index (χ2n) is 5.37. The van der Waals surface area contributed by atoms with Gasteiger partial charge >= 0.3 is 0 Å². The number of hydrogen-bond acceptors (Lipinski definition) is 5. The van der Waals surface area contributed by atoms with Gasteiger partial charge in [-0.15, -0.1) is 11.3 Å². The maximum atomic E-state index is 12.8. The predicted molar refractivity (Wildman–Crippen MR) is 89.1 cm³/mol. The first kappa shape index (κ1) is 16.1. The van der Waals surface area contributed by atoms with E-state index >= 15 is 0 Å². The van der Waals surface area contributed by atoms with Gasteiger partial charge in [-0.2, -0.15) is 4.31 Å². The molecule has 1 aliphatic rings. The summed E-state index contributed by atoms with van der Waals surface area (Å²) in [4.78, 5) is 19.9. The Kier molecular flexibility index (Phi) is 4.22. The molecule has 0 spiro atoms. The molecule has 0 N–H and O–H groups in total. The number of hydrogen-bond donors (Lipinski definition) is 0. The molecule has 0 radical (unpaired) electrons. The highest BCUT2D eigenvalue weighted by atomic mass is 32.2. The summed E-state index contributed by atoms with van der Waals surface area (Å²) in [6, 6.07) is 5.22. The van der Waals surface area contributed by atoms with Crippen molar-refractivity contribution in [3.05, 3.63) is 40.3 Å². The van der Waals surface area contributed by atoms with E-state index in [1.54, 1.807) is 42.4 Å². The van der Waals surface area contributed by atoms with Crippen molar-refractivity contribution in [2.24, 2.45) is 0 Å². The highest BCUT2D eigenvalue weighted by Gasteiger charge is 2.34. The van der Waals surface area contributed by atoms with Crippen LogP contribution in [0.15, 0.2) is 35.5 Å². The number of aromatic nitrogens is 1. The predicted octanol–water partition coefficient (Wildman–Crippen LogP) is 1.80. The van der Waals surface area contributed by atoms with Gasteiger partial charge in [-0.25, -0.2) is 8.42 Å². The molecule has 0 saturated carbocycles. The zero-order chi connectivity index (χ0) is 16.6. The molecular weight excluding hydrogens is 334 g/mol. The number of thiophene rings is 1. The molecule has 122 valence electrons. The van der Waals surface area contributed by atoms with Gasteiger partial charge in [-0.3, -0.25) is 9.78 Å². The molecule has 1 fully saturated rings. The van der Waals surface area contributed by atoms with Crippen LogP contribution < -0.4 is 4.90 Å². The number of aryl methyl sites for hydroxylation is 2. The van der Waals surface area contributed by atoms with Crippen LogP contribution in [0.25, 0.3) is 0 Å². The number of sulfonamides is 1. The molecule has 2 aromatic heterocycles. The lowest BCUT2D eigenvalue weighted by Gasteiger charge is -2.33. The van der Waals surface area contributed by atoms with Crippen molar-refractivity contribution in [3.8, 4) is 0 Å². The van der Waals surface area contributed by atoms with E-state index < -0.39 is 10.0 Å². The van der Waals surface area contributed by atoms with Gasteiger partial charge in [-0.05, 0) is 32.0 Å². The second kappa shape index (κ2) is 6.03. The normalized spacial score (nSPS) is 16.8. The lowest BCUT2D eigenvalue weighted by molar-refractivity contribution is -0.119. The van der Waals surface area contributed by atoms with Crippen molar-refractivity contribution >= 4 is 33.0 Å². The number of pyridine rings is 1. The van der Waals surface area contributed by atoms with Crippen LogP contribution >= 0.6 is 11.3 Å². The van der Waals surface area contributed by atoms with E-state index in [1.165, 1.54) is 15.6 Å². The zero-order valence-corrected chi connectivity index (χ0v) is 14.5. The summed E-state index contributed by atoms with van der Waals surface area (Å²) >= 11 is 1.45. The van der Waals surface area contributed by atoms with E-state index in [0.717, 1.165) is 9.75 Å². The van der Waals surface area contributed by atoms with E-state index in [2.05, 4.69) is 4.98 Å². The van der Waals surface area contributed by atoms with Gasteiger partial charge in [0, 0.05) is 29.0 Å². The van der Waals surface area contributed by atoms with Crippen LogP contribution in [0.2, 0.25) is 0 Å². The van der Waals surface area contributed by atoms with Crippen LogP contribution in [0.1, 0.15) is 9.75 Å². The fourth-order valence-corrected chi connectivity index (χ4v) is 5.55. The van der Waals surface area contributed by atoms with Crippen molar-refractivity contribution in [3.63, 3.8) is 0 Å². The summed E-state index contributed by atoms with van der Waals surface area (Å²) in [6.07, 6.45) is 3.24. The number of amides is 1. The number of carbonyl (C=O) groups excluding carboxylic acids is 1. The highest BCUT2D eigenvalue weighted by Crippen LogP contribution is 2.28. The van der Waals surface area contributed by atoms with Crippen LogP contribution in [-0.4, -0.2) is 43.2 Å². The van der Waals surface area contributed by atoms with E-state index in [0.29, 0.717) is 17.1 Å². The molecule has 6 nitrogen and oxygen atoms in total. The first-order chi connectivity index (χ1) is 10.9. The molecule has 23 heavy (non-hydrogen) atoms. The Morgan fingerprint density at radius 1 is 1.26 bits per heavy atom. The molecule has 1 amide bonds. The Hall–Kier alpha value is -1.77. The maximum Gasteiger partial charge on any atom is 0.244 e. The van der Waals surface area contributed by atoms with Gasteiger partial charge in [0.2, 0.25) is 15.9 Å². The van der Waals surface area contributed by atoms with Gasteiger partial charge in [0.15, 0.2) is 0 Å². The van der Waals surface area contributed by atoms with Crippen LogP contribution in [0.5, 0.6) is 0 Å². The summed E-state index contributed by atoms with van der Waals surface area (Å²) in [5, 5.41) is 0. The quantitative estimate of drug-likeness (QED) is 0.845. The Morgan fingerprint density at radius 2 is 2.04 bits per heavy atom. The molecule has 0 bridgehead atoms. The smallest absolute Gasteiger partial charge is 0.244 e. The van der Waals surface area contributed by atoms with Crippen LogP contribution in [0.4, 0.5) is 5.69 Å². The molecule has 8 heteroatoms. The fraction of sp³-hybridized carbons (Fsp3) is 0.333. The number of piperazine rings is 1. The first-order valence-corrected chi connectivity index (χ1v) is 9.43. The molecule has 1 aliphatic heterocycles. The highest BCUT2D eigenvalue weighted by molar-refractivity contribution is 7.89. The minimum absolute atomic E-state index is 0.147. The Labute approximate surface area is 139 Å². The van der Waals surface area contributed by atoms with Crippen molar-refractivity contribution in [2.45, 2.75) is 18.7 Å². The third-order valence-electron chi connectivity index (χ3n) is 3.76. The molecule has 3 rings (SSSR count). The number of nitrogens with zero attached hydrogens (tertiary/aromatic N) is 3. The third-order valence-corrected chi connectivity index (χ3v) is 6.82. The topological polar surface area (TPSA) is 70.6 Å². The van der Waals surface area contributed by atoms with Gasteiger partial charge in [0.1, 0.15) is 0 Å². The first-order valence-electron chi connectivity index (χ1n) is 7.17. The molecule has 0 aromatic carbocycles. The summed E-state index contributed by atoms with van der Waals surface area (Å²) in [6.45, 7) is 4.12. The van der Waals surface area contributed by atoms with Gasteiger partial charge in [-0.1, -0.05) is 0 Å². The number of anilines is 1. The SMILES string of the molecule is Cc1cc(S(=O)(=O)N2CCN(c3cccnc3)C(=O)C2)c(C)s1. The van der Waals surface area contributed by atoms with Crippen molar-refractivity contribution in [2.75, 3.05) is 24.5 Å². The average molecular weight is 351 g/mol.